The highest BCUT2D eigenvalue weighted by molar-refractivity contribution is 9.10. The standard InChI is InChI=1S/C27H22BrNO3/c1-3-24(26(30)19-9-5-4-6-10-19)32-27(31)22-16-23(18-12-14-20(28)15-13-18)29-25-17(2)8-7-11-21(22)25/h4-16,24H,3H2,1-2H3/t24-/m1/s1. The molecule has 160 valence electrons. The average Bonchev–Trinajstić information content (AvgIpc) is 2.82. The summed E-state index contributed by atoms with van der Waals surface area (Å²) >= 11 is 3.45. The van der Waals surface area contributed by atoms with Crippen LogP contribution >= 0.6 is 15.9 Å². The Morgan fingerprint density at radius 3 is 2.38 bits per heavy atom. The quantitative estimate of drug-likeness (QED) is 0.222. The Morgan fingerprint density at radius 2 is 1.69 bits per heavy atom. The largest absolute Gasteiger partial charge is 0.450 e. The Hall–Kier alpha value is -3.31. The van der Waals surface area contributed by atoms with E-state index in [0.717, 1.165) is 21.1 Å². The Morgan fingerprint density at radius 1 is 0.969 bits per heavy atom. The minimum atomic E-state index is -0.853. The van der Waals surface area contributed by atoms with E-state index in [1.165, 1.54) is 0 Å². The normalized spacial score (nSPS) is 11.8. The first-order valence-corrected chi connectivity index (χ1v) is 11.2. The van der Waals surface area contributed by atoms with Crippen LogP contribution in [0.15, 0.2) is 83.3 Å². The molecule has 0 aliphatic rings. The molecule has 0 N–H and O–H groups in total. The molecule has 5 heteroatoms. The zero-order valence-electron chi connectivity index (χ0n) is 17.8. The van der Waals surface area contributed by atoms with Gasteiger partial charge in [-0.1, -0.05) is 83.5 Å². The van der Waals surface area contributed by atoms with E-state index >= 15 is 0 Å². The predicted octanol–water partition coefficient (Wildman–Crippen LogP) is 6.79. The highest BCUT2D eigenvalue weighted by atomic mass is 79.9. The van der Waals surface area contributed by atoms with Gasteiger partial charge in [-0.15, -0.1) is 0 Å². The summed E-state index contributed by atoms with van der Waals surface area (Å²) in [6, 6.07) is 24.1. The lowest BCUT2D eigenvalue weighted by atomic mass is 10.0. The highest BCUT2D eigenvalue weighted by Crippen LogP contribution is 2.28. The van der Waals surface area contributed by atoms with E-state index in [9.17, 15) is 9.59 Å². The van der Waals surface area contributed by atoms with Crippen molar-refractivity contribution in [3.05, 3.63) is 100 Å². The summed E-state index contributed by atoms with van der Waals surface area (Å²) in [4.78, 5) is 31.0. The van der Waals surface area contributed by atoms with Crippen molar-refractivity contribution in [3.8, 4) is 11.3 Å². The van der Waals surface area contributed by atoms with E-state index in [2.05, 4.69) is 15.9 Å². The second-order valence-corrected chi connectivity index (χ2v) is 8.48. The van der Waals surface area contributed by atoms with Crippen molar-refractivity contribution in [2.75, 3.05) is 0 Å². The van der Waals surface area contributed by atoms with Gasteiger partial charge in [-0.05, 0) is 37.1 Å². The summed E-state index contributed by atoms with van der Waals surface area (Å²) in [6.45, 7) is 3.80. The van der Waals surface area contributed by atoms with Gasteiger partial charge in [-0.3, -0.25) is 4.79 Å². The van der Waals surface area contributed by atoms with Gasteiger partial charge < -0.3 is 4.74 Å². The van der Waals surface area contributed by atoms with Crippen molar-refractivity contribution in [3.63, 3.8) is 0 Å². The Balaban J connectivity index is 1.75. The summed E-state index contributed by atoms with van der Waals surface area (Å²) in [5.41, 5.74) is 4.19. The third kappa shape index (κ3) is 4.48. The number of pyridine rings is 1. The maximum atomic E-state index is 13.3. The number of hydrogen-bond acceptors (Lipinski definition) is 4. The van der Waals surface area contributed by atoms with Crippen LogP contribution in [0.5, 0.6) is 0 Å². The number of carbonyl (C=O) groups is 2. The summed E-state index contributed by atoms with van der Waals surface area (Å²) in [6.07, 6.45) is -0.463. The van der Waals surface area contributed by atoms with Gasteiger partial charge in [0.15, 0.2) is 6.10 Å². The summed E-state index contributed by atoms with van der Waals surface area (Å²) < 4.78 is 6.70. The number of carbonyl (C=O) groups excluding carboxylic acids is 2. The van der Waals surface area contributed by atoms with Crippen LogP contribution in [0.2, 0.25) is 0 Å². The van der Waals surface area contributed by atoms with Crippen LogP contribution in [0.3, 0.4) is 0 Å². The maximum Gasteiger partial charge on any atom is 0.339 e. The fraction of sp³-hybridized carbons (Fsp3) is 0.148. The number of aromatic nitrogens is 1. The number of hydrogen-bond donors (Lipinski definition) is 0. The number of rotatable bonds is 6. The number of ether oxygens (including phenoxy) is 1. The molecular weight excluding hydrogens is 466 g/mol. The molecule has 1 atom stereocenters. The molecule has 0 radical (unpaired) electrons. The molecule has 32 heavy (non-hydrogen) atoms. The molecule has 4 aromatic rings. The summed E-state index contributed by atoms with van der Waals surface area (Å²) in [7, 11) is 0. The fourth-order valence-electron chi connectivity index (χ4n) is 3.63. The van der Waals surface area contributed by atoms with Gasteiger partial charge in [0.2, 0.25) is 5.78 Å². The molecule has 0 spiro atoms. The average molecular weight is 488 g/mol. The number of ketones is 1. The predicted molar refractivity (Wildman–Crippen MR) is 130 cm³/mol. The van der Waals surface area contributed by atoms with E-state index in [-0.39, 0.29) is 5.78 Å². The maximum absolute atomic E-state index is 13.3. The second kappa shape index (κ2) is 9.45. The molecule has 3 aromatic carbocycles. The Kier molecular flexibility index (Phi) is 6.47. The lowest BCUT2D eigenvalue weighted by Gasteiger charge is -2.17. The van der Waals surface area contributed by atoms with E-state index in [1.54, 1.807) is 30.3 Å². The number of benzene rings is 3. The van der Waals surface area contributed by atoms with Crippen LogP contribution in [0, 0.1) is 6.92 Å². The number of Topliss-reactive ketones (excluding diaryl/α,β-unsaturated/α-hetero) is 1. The highest BCUT2D eigenvalue weighted by Gasteiger charge is 2.25. The first-order valence-electron chi connectivity index (χ1n) is 10.4. The molecule has 0 saturated carbocycles. The number of esters is 1. The van der Waals surface area contributed by atoms with Crippen molar-refractivity contribution in [1.82, 2.24) is 4.98 Å². The van der Waals surface area contributed by atoms with Gasteiger partial charge >= 0.3 is 5.97 Å². The van der Waals surface area contributed by atoms with Crippen LogP contribution < -0.4 is 0 Å². The summed E-state index contributed by atoms with van der Waals surface area (Å²) in [5, 5.41) is 0.706. The second-order valence-electron chi connectivity index (χ2n) is 7.57. The van der Waals surface area contributed by atoms with Gasteiger partial charge in [0.25, 0.3) is 0 Å². The molecule has 0 bridgehead atoms. The SMILES string of the molecule is CC[C@@H](OC(=O)c1cc(-c2ccc(Br)cc2)nc2c(C)cccc12)C(=O)c1ccccc1. The first-order chi connectivity index (χ1) is 15.5. The molecule has 0 amide bonds. The minimum absolute atomic E-state index is 0.205. The monoisotopic (exact) mass is 487 g/mol. The molecule has 0 fully saturated rings. The third-order valence-corrected chi connectivity index (χ3v) is 5.90. The Bertz CT molecular complexity index is 1280. The Labute approximate surface area is 195 Å². The van der Waals surface area contributed by atoms with Crippen molar-refractivity contribution < 1.29 is 14.3 Å². The van der Waals surface area contributed by atoms with Crippen molar-refractivity contribution >= 4 is 38.6 Å². The van der Waals surface area contributed by atoms with Crippen molar-refractivity contribution in [2.24, 2.45) is 0 Å². The van der Waals surface area contributed by atoms with Gasteiger partial charge in [0.1, 0.15) is 0 Å². The van der Waals surface area contributed by atoms with E-state index < -0.39 is 12.1 Å². The van der Waals surface area contributed by atoms with E-state index in [0.29, 0.717) is 28.6 Å². The molecular formula is C27H22BrNO3. The zero-order chi connectivity index (χ0) is 22.7. The molecule has 0 aliphatic carbocycles. The van der Waals surface area contributed by atoms with Crippen LogP contribution in [-0.4, -0.2) is 22.8 Å². The molecule has 4 rings (SSSR count). The molecule has 0 saturated heterocycles. The summed E-state index contributed by atoms with van der Waals surface area (Å²) in [5.74, 6) is -0.735. The lowest BCUT2D eigenvalue weighted by molar-refractivity contribution is 0.0279. The first kappa shape index (κ1) is 21.9. The zero-order valence-corrected chi connectivity index (χ0v) is 19.4. The topological polar surface area (TPSA) is 56.3 Å². The van der Waals surface area contributed by atoms with Crippen molar-refractivity contribution in [2.45, 2.75) is 26.4 Å². The number of aryl methyl sites for hydroxylation is 1. The fourth-order valence-corrected chi connectivity index (χ4v) is 3.90. The van der Waals surface area contributed by atoms with Crippen LogP contribution in [0.1, 0.15) is 39.6 Å². The molecule has 1 aromatic heterocycles. The van der Waals surface area contributed by atoms with Gasteiger partial charge in [0, 0.05) is 21.0 Å². The smallest absolute Gasteiger partial charge is 0.339 e. The molecule has 1 heterocycles. The third-order valence-electron chi connectivity index (χ3n) is 5.37. The van der Waals surface area contributed by atoms with E-state index in [4.69, 9.17) is 9.72 Å². The van der Waals surface area contributed by atoms with Crippen molar-refractivity contribution in [1.29, 1.82) is 0 Å². The number of fused-ring (bicyclic) bond motifs is 1. The molecule has 4 nitrogen and oxygen atoms in total. The molecule has 0 aliphatic heterocycles. The van der Waals surface area contributed by atoms with E-state index in [1.807, 2.05) is 62.4 Å². The van der Waals surface area contributed by atoms with Gasteiger partial charge in [0.05, 0.1) is 16.8 Å². The van der Waals surface area contributed by atoms with Gasteiger partial charge in [-0.25, -0.2) is 9.78 Å². The van der Waals surface area contributed by atoms with Crippen LogP contribution in [0.25, 0.3) is 22.2 Å². The van der Waals surface area contributed by atoms with Crippen LogP contribution in [-0.2, 0) is 4.74 Å². The number of halogens is 1. The molecule has 0 unspecified atom stereocenters. The number of para-hydroxylation sites is 1. The number of nitrogens with zero attached hydrogens (tertiary/aromatic N) is 1. The lowest BCUT2D eigenvalue weighted by Crippen LogP contribution is -2.27. The minimum Gasteiger partial charge on any atom is -0.450 e. The van der Waals surface area contributed by atoms with Gasteiger partial charge in [-0.2, -0.15) is 0 Å². The van der Waals surface area contributed by atoms with Crippen LogP contribution in [0.4, 0.5) is 0 Å².